The molecule has 0 aliphatic heterocycles. The molecule has 1 saturated carbocycles. The summed E-state index contributed by atoms with van der Waals surface area (Å²) in [5.74, 6) is 3.25. The molecule has 2 unspecified atom stereocenters. The summed E-state index contributed by atoms with van der Waals surface area (Å²) >= 11 is 0. The highest BCUT2D eigenvalue weighted by molar-refractivity contribution is 5.46. The van der Waals surface area contributed by atoms with Crippen molar-refractivity contribution in [3.05, 3.63) is 17.7 Å². The number of nitrogens with one attached hydrogen (secondary N) is 2. The van der Waals surface area contributed by atoms with Gasteiger partial charge < -0.3 is 15.8 Å². The molecule has 0 spiro atoms. The van der Waals surface area contributed by atoms with Crippen molar-refractivity contribution in [2.24, 2.45) is 11.8 Å². The molecule has 1 heterocycles. The van der Waals surface area contributed by atoms with Gasteiger partial charge in [-0.15, -0.1) is 0 Å². The molecular weight excluding hydrogens is 254 g/mol. The minimum atomic E-state index is -0.844. The van der Waals surface area contributed by atoms with Crippen LogP contribution in [0, 0.1) is 17.6 Å². The second-order valence-electron chi connectivity index (χ2n) is 4.79. The topological polar surface area (TPSA) is 83.2 Å². The minimum Gasteiger partial charge on any atom is -0.393 e. The monoisotopic (exact) mass is 272 g/mol. The maximum Gasteiger partial charge on any atom is 0.178 e. The fourth-order valence-corrected chi connectivity index (χ4v) is 2.35. The Morgan fingerprint density at radius 3 is 2.63 bits per heavy atom. The predicted molar refractivity (Wildman–Crippen MR) is 68.4 cm³/mol. The van der Waals surface area contributed by atoms with E-state index in [-0.39, 0.29) is 23.7 Å². The maximum absolute atomic E-state index is 13.5. The average Bonchev–Trinajstić information content (AvgIpc) is 2.39. The van der Waals surface area contributed by atoms with Crippen LogP contribution in [-0.2, 0) is 0 Å². The van der Waals surface area contributed by atoms with Crippen LogP contribution in [0.5, 0.6) is 0 Å². The molecule has 0 amide bonds. The van der Waals surface area contributed by atoms with E-state index in [1.807, 2.05) is 0 Å². The van der Waals surface area contributed by atoms with Crippen LogP contribution in [-0.4, -0.2) is 22.7 Å². The van der Waals surface area contributed by atoms with Gasteiger partial charge in [0.2, 0.25) is 0 Å². The van der Waals surface area contributed by atoms with Crippen molar-refractivity contribution < 1.29 is 13.9 Å². The van der Waals surface area contributed by atoms with Gasteiger partial charge in [-0.25, -0.2) is 19.6 Å². The van der Waals surface area contributed by atoms with Crippen LogP contribution in [0.15, 0.2) is 6.07 Å². The number of aliphatic hydroxyl groups is 1. The van der Waals surface area contributed by atoms with Crippen LogP contribution < -0.4 is 16.6 Å². The van der Waals surface area contributed by atoms with Crippen molar-refractivity contribution in [1.29, 1.82) is 0 Å². The molecule has 0 aromatic carbocycles. The SMILES string of the molecule is NNc1nc(NCC2CCCCC2O)c(F)cc1F. The fourth-order valence-electron chi connectivity index (χ4n) is 2.35. The van der Waals surface area contributed by atoms with Gasteiger partial charge in [-0.3, -0.25) is 0 Å². The summed E-state index contributed by atoms with van der Waals surface area (Å²) in [4.78, 5) is 3.72. The van der Waals surface area contributed by atoms with Crippen LogP contribution >= 0.6 is 0 Å². The zero-order valence-electron chi connectivity index (χ0n) is 10.5. The molecule has 7 heteroatoms. The van der Waals surface area contributed by atoms with E-state index in [1.165, 1.54) is 0 Å². The lowest BCUT2D eigenvalue weighted by atomic mass is 9.86. The van der Waals surface area contributed by atoms with Gasteiger partial charge >= 0.3 is 0 Å². The van der Waals surface area contributed by atoms with Crippen LogP contribution in [0.4, 0.5) is 20.4 Å². The second-order valence-corrected chi connectivity index (χ2v) is 4.79. The highest BCUT2D eigenvalue weighted by atomic mass is 19.1. The highest BCUT2D eigenvalue weighted by Crippen LogP contribution is 2.25. The molecule has 1 aliphatic rings. The number of anilines is 2. The molecule has 0 radical (unpaired) electrons. The first-order chi connectivity index (χ1) is 9.11. The smallest absolute Gasteiger partial charge is 0.178 e. The number of nitrogen functional groups attached to an aromatic ring is 1. The van der Waals surface area contributed by atoms with E-state index in [4.69, 9.17) is 5.84 Å². The van der Waals surface area contributed by atoms with E-state index >= 15 is 0 Å². The largest absolute Gasteiger partial charge is 0.393 e. The van der Waals surface area contributed by atoms with Crippen LogP contribution in [0.1, 0.15) is 25.7 Å². The third kappa shape index (κ3) is 3.30. The van der Waals surface area contributed by atoms with Crippen LogP contribution in [0.2, 0.25) is 0 Å². The number of aliphatic hydroxyl groups excluding tert-OH is 1. The Bertz CT molecular complexity index is 444. The maximum atomic E-state index is 13.5. The molecule has 1 aliphatic carbocycles. The standard InChI is InChI=1S/C12H18F2N4O/c13-8-5-9(14)12(18-15)17-11(8)16-6-7-3-1-2-4-10(7)19/h5,7,10,19H,1-4,6,15H2,(H2,16,17,18). The van der Waals surface area contributed by atoms with Crippen molar-refractivity contribution in [3.63, 3.8) is 0 Å². The average molecular weight is 272 g/mol. The Labute approximate surface area is 110 Å². The van der Waals surface area contributed by atoms with E-state index in [0.29, 0.717) is 6.54 Å². The van der Waals surface area contributed by atoms with Crippen molar-refractivity contribution in [2.45, 2.75) is 31.8 Å². The number of halogens is 2. The summed E-state index contributed by atoms with van der Waals surface area (Å²) in [7, 11) is 0. The lowest BCUT2D eigenvalue weighted by Crippen LogP contribution is -2.30. The molecule has 2 rings (SSSR count). The predicted octanol–water partition coefficient (Wildman–Crippen LogP) is 1.61. The lowest BCUT2D eigenvalue weighted by Gasteiger charge is -2.27. The molecule has 1 aromatic rings. The van der Waals surface area contributed by atoms with Crippen molar-refractivity contribution >= 4 is 11.6 Å². The molecule has 1 aromatic heterocycles. The first-order valence-corrected chi connectivity index (χ1v) is 6.36. The van der Waals surface area contributed by atoms with Gasteiger partial charge in [0.1, 0.15) is 0 Å². The number of pyridine rings is 1. The quantitative estimate of drug-likeness (QED) is 0.494. The number of aromatic nitrogens is 1. The van der Waals surface area contributed by atoms with Crippen molar-refractivity contribution in [1.82, 2.24) is 4.98 Å². The van der Waals surface area contributed by atoms with Gasteiger partial charge in [-0.05, 0) is 12.8 Å². The number of nitrogens with zero attached hydrogens (tertiary/aromatic N) is 1. The molecule has 5 nitrogen and oxygen atoms in total. The highest BCUT2D eigenvalue weighted by Gasteiger charge is 2.23. The van der Waals surface area contributed by atoms with Crippen LogP contribution in [0.3, 0.4) is 0 Å². The van der Waals surface area contributed by atoms with Gasteiger partial charge in [-0.1, -0.05) is 12.8 Å². The summed E-state index contributed by atoms with van der Waals surface area (Å²) < 4.78 is 26.7. The summed E-state index contributed by atoms with van der Waals surface area (Å²) in [5, 5.41) is 12.6. The summed E-state index contributed by atoms with van der Waals surface area (Å²) in [6, 6.07) is 0.724. The molecule has 106 valence electrons. The normalized spacial score (nSPS) is 23.2. The molecule has 5 N–H and O–H groups in total. The second kappa shape index (κ2) is 6.12. The Morgan fingerprint density at radius 1 is 1.26 bits per heavy atom. The Kier molecular flexibility index (Phi) is 4.49. The summed E-state index contributed by atoms with van der Waals surface area (Å²) in [5.41, 5.74) is 2.07. The summed E-state index contributed by atoms with van der Waals surface area (Å²) in [6.07, 6.45) is 3.34. The molecule has 0 bridgehead atoms. The van der Waals surface area contributed by atoms with E-state index in [2.05, 4.69) is 15.7 Å². The fraction of sp³-hybridized carbons (Fsp3) is 0.583. The van der Waals surface area contributed by atoms with Gasteiger partial charge in [0, 0.05) is 18.5 Å². The zero-order chi connectivity index (χ0) is 13.8. The third-order valence-corrected chi connectivity index (χ3v) is 3.47. The summed E-state index contributed by atoms with van der Waals surface area (Å²) in [6.45, 7) is 0.404. The van der Waals surface area contributed by atoms with E-state index in [0.717, 1.165) is 31.7 Å². The Balaban J connectivity index is 2.02. The van der Waals surface area contributed by atoms with Crippen molar-refractivity contribution in [3.8, 4) is 0 Å². The molecule has 1 fully saturated rings. The molecule has 19 heavy (non-hydrogen) atoms. The van der Waals surface area contributed by atoms with Gasteiger partial charge in [0.05, 0.1) is 6.10 Å². The number of rotatable bonds is 4. The van der Waals surface area contributed by atoms with Gasteiger partial charge in [0.25, 0.3) is 0 Å². The minimum absolute atomic E-state index is 0.0628. The number of hydrogen-bond acceptors (Lipinski definition) is 5. The third-order valence-electron chi connectivity index (χ3n) is 3.47. The van der Waals surface area contributed by atoms with Gasteiger partial charge in [0.15, 0.2) is 23.3 Å². The number of hydrogen-bond donors (Lipinski definition) is 4. The Morgan fingerprint density at radius 2 is 1.95 bits per heavy atom. The van der Waals surface area contributed by atoms with E-state index in [1.54, 1.807) is 0 Å². The number of hydrazine groups is 1. The number of nitrogens with two attached hydrogens (primary N) is 1. The zero-order valence-corrected chi connectivity index (χ0v) is 10.5. The van der Waals surface area contributed by atoms with Gasteiger partial charge in [-0.2, -0.15) is 0 Å². The first-order valence-electron chi connectivity index (χ1n) is 6.36. The molecular formula is C12H18F2N4O. The molecule has 0 saturated heterocycles. The molecule has 2 atom stereocenters. The van der Waals surface area contributed by atoms with Crippen LogP contribution in [0.25, 0.3) is 0 Å². The van der Waals surface area contributed by atoms with E-state index < -0.39 is 11.6 Å². The lowest BCUT2D eigenvalue weighted by molar-refractivity contribution is 0.0762. The Hall–Kier alpha value is -1.47. The van der Waals surface area contributed by atoms with E-state index in [9.17, 15) is 13.9 Å². The van der Waals surface area contributed by atoms with Crippen molar-refractivity contribution in [2.75, 3.05) is 17.3 Å². The first kappa shape index (κ1) is 14.0.